The number of esters is 2. The molecule has 1 aliphatic carbocycles. The smallest absolute Gasteiger partial charge is 0.333 e. The van der Waals surface area contributed by atoms with Gasteiger partial charge < -0.3 is 9.47 Å². The molecule has 0 aromatic carbocycles. The highest BCUT2D eigenvalue weighted by Crippen LogP contribution is 2.49. The van der Waals surface area contributed by atoms with Crippen LogP contribution >= 0.6 is 0 Å². The number of hydrogen-bond acceptors (Lipinski definition) is 6. The van der Waals surface area contributed by atoms with Crippen molar-refractivity contribution in [2.45, 2.75) is 65.8 Å². The minimum atomic E-state index is -0.491. The van der Waals surface area contributed by atoms with Crippen LogP contribution in [0.25, 0.3) is 0 Å². The minimum absolute atomic E-state index is 0.0257. The van der Waals surface area contributed by atoms with Gasteiger partial charge in [-0.15, -0.1) is 0 Å². The molecule has 2 unspecified atom stereocenters. The average molecular weight is 351 g/mol. The summed E-state index contributed by atoms with van der Waals surface area (Å²) >= 11 is 0. The van der Waals surface area contributed by atoms with Crippen LogP contribution in [-0.4, -0.2) is 37.3 Å². The maximum Gasteiger partial charge on any atom is 0.333 e. The Balaban J connectivity index is 2.41. The molecule has 0 heterocycles. The molecule has 1 rings (SSSR count). The Hall–Kier alpha value is -1.94. The molecule has 1 saturated carbocycles. The van der Waals surface area contributed by atoms with Crippen LogP contribution in [0.4, 0.5) is 0 Å². The van der Waals surface area contributed by atoms with E-state index in [0.29, 0.717) is 18.4 Å². The van der Waals surface area contributed by atoms with Gasteiger partial charge in [-0.2, -0.15) is 0 Å². The van der Waals surface area contributed by atoms with E-state index in [-0.39, 0.29) is 36.1 Å². The molecule has 0 radical (unpaired) electrons. The molecule has 0 aliphatic heterocycles. The van der Waals surface area contributed by atoms with Crippen LogP contribution < -0.4 is 0 Å². The lowest BCUT2D eigenvalue weighted by molar-refractivity contribution is -0.150. The van der Waals surface area contributed by atoms with Crippen LogP contribution in [0.5, 0.6) is 0 Å². The van der Waals surface area contributed by atoms with Crippen LogP contribution in [-0.2, 0) is 23.9 Å². The van der Waals surface area contributed by atoms with Gasteiger partial charge >= 0.3 is 11.9 Å². The van der Waals surface area contributed by atoms with Gasteiger partial charge in [-0.1, -0.05) is 27.4 Å². The summed E-state index contributed by atoms with van der Waals surface area (Å²) in [6.07, 6.45) is 5.22. The average Bonchev–Trinajstić information content (AvgIpc) is 2.47. The van der Waals surface area contributed by atoms with Gasteiger partial charge in [0.2, 0.25) is 6.08 Å². The summed E-state index contributed by atoms with van der Waals surface area (Å²) in [6, 6.07) is -0.0381. The molecule has 0 N–H and O–H groups in total. The summed E-state index contributed by atoms with van der Waals surface area (Å²) in [5, 5.41) is 0. The molecule has 25 heavy (non-hydrogen) atoms. The van der Waals surface area contributed by atoms with E-state index in [0.717, 1.165) is 19.3 Å². The number of nitrogens with zero attached hydrogens (tertiary/aromatic N) is 1. The van der Waals surface area contributed by atoms with Crippen LogP contribution in [0.3, 0.4) is 0 Å². The zero-order valence-electron chi connectivity index (χ0n) is 15.7. The molecule has 0 amide bonds. The summed E-state index contributed by atoms with van der Waals surface area (Å²) in [5.74, 6) is -0.804. The Bertz CT molecular complexity index is 562. The van der Waals surface area contributed by atoms with Gasteiger partial charge in [0.05, 0.1) is 6.04 Å². The van der Waals surface area contributed by atoms with Crippen molar-refractivity contribution in [1.29, 1.82) is 0 Å². The molecule has 0 bridgehead atoms. The van der Waals surface area contributed by atoms with E-state index < -0.39 is 5.97 Å². The van der Waals surface area contributed by atoms with Gasteiger partial charge in [0.15, 0.2) is 0 Å². The van der Waals surface area contributed by atoms with Crippen molar-refractivity contribution in [2.24, 2.45) is 15.8 Å². The molecule has 6 heteroatoms. The summed E-state index contributed by atoms with van der Waals surface area (Å²) in [7, 11) is 0. The van der Waals surface area contributed by atoms with E-state index >= 15 is 0 Å². The second-order valence-corrected chi connectivity index (χ2v) is 8.07. The predicted octanol–water partition coefficient (Wildman–Crippen LogP) is 3.35. The first kappa shape index (κ1) is 21.1. The van der Waals surface area contributed by atoms with Gasteiger partial charge in [-0.05, 0) is 43.4 Å². The molecular weight excluding hydrogens is 322 g/mol. The standard InChI is InChI=1S/C19H29NO5/c1-14(2)17(23)25-9-8-24-16(22)6-7-19(5)11-15(20-13-21)10-18(3,4)12-19/h15H,1,6-12H2,2-5H3. The van der Waals surface area contributed by atoms with Crippen molar-refractivity contribution in [2.75, 3.05) is 13.2 Å². The second-order valence-electron chi connectivity index (χ2n) is 8.07. The molecule has 140 valence electrons. The highest BCUT2D eigenvalue weighted by molar-refractivity contribution is 5.86. The first-order chi connectivity index (χ1) is 11.6. The minimum Gasteiger partial charge on any atom is -0.462 e. The van der Waals surface area contributed by atoms with Crippen LogP contribution in [0.15, 0.2) is 17.1 Å². The number of rotatable bonds is 8. The largest absolute Gasteiger partial charge is 0.462 e. The van der Waals surface area contributed by atoms with E-state index in [1.807, 2.05) is 0 Å². The van der Waals surface area contributed by atoms with Gasteiger partial charge in [-0.25, -0.2) is 14.6 Å². The Morgan fingerprint density at radius 3 is 2.44 bits per heavy atom. The number of aliphatic imine (C=N–C) groups is 1. The maximum atomic E-state index is 11.9. The fourth-order valence-corrected chi connectivity index (χ4v) is 3.82. The van der Waals surface area contributed by atoms with E-state index in [2.05, 4.69) is 32.3 Å². The summed E-state index contributed by atoms with van der Waals surface area (Å²) in [4.78, 5) is 37.6. The second kappa shape index (κ2) is 8.95. The van der Waals surface area contributed by atoms with Crippen LogP contribution in [0.2, 0.25) is 0 Å². The quantitative estimate of drug-likeness (QED) is 0.220. The number of ether oxygens (including phenoxy) is 2. The van der Waals surface area contributed by atoms with E-state index in [9.17, 15) is 14.4 Å². The lowest BCUT2D eigenvalue weighted by Crippen LogP contribution is -2.38. The predicted molar refractivity (Wildman–Crippen MR) is 93.6 cm³/mol. The molecule has 1 aliphatic rings. The molecule has 0 aromatic rings. The van der Waals surface area contributed by atoms with E-state index in [4.69, 9.17) is 9.47 Å². The zero-order chi connectivity index (χ0) is 19.1. The van der Waals surface area contributed by atoms with Crippen molar-refractivity contribution in [1.82, 2.24) is 0 Å². The summed E-state index contributed by atoms with van der Waals surface area (Å²) in [5.41, 5.74) is 0.309. The summed E-state index contributed by atoms with van der Waals surface area (Å²) in [6.45, 7) is 11.5. The molecule has 0 saturated heterocycles. The fraction of sp³-hybridized carbons (Fsp3) is 0.737. The Morgan fingerprint density at radius 2 is 1.84 bits per heavy atom. The normalized spacial score (nSPS) is 24.7. The van der Waals surface area contributed by atoms with Crippen molar-refractivity contribution >= 4 is 18.0 Å². The van der Waals surface area contributed by atoms with Gasteiger partial charge in [-0.3, -0.25) is 4.79 Å². The SMILES string of the molecule is C=C(C)C(=O)OCCOC(=O)CCC1(C)CC(N=C=O)CC(C)(C)C1. The number of hydrogen-bond donors (Lipinski definition) is 0. The Kier molecular flexibility index (Phi) is 7.56. The highest BCUT2D eigenvalue weighted by atomic mass is 16.6. The van der Waals surface area contributed by atoms with Crippen molar-refractivity contribution in [3.63, 3.8) is 0 Å². The Labute approximate surface area is 149 Å². The third kappa shape index (κ3) is 7.65. The monoisotopic (exact) mass is 351 g/mol. The van der Waals surface area contributed by atoms with Crippen LogP contribution in [0.1, 0.15) is 59.8 Å². The highest BCUT2D eigenvalue weighted by Gasteiger charge is 2.41. The molecule has 0 spiro atoms. The molecule has 6 nitrogen and oxygen atoms in total. The molecule has 2 atom stereocenters. The van der Waals surface area contributed by atoms with Crippen molar-refractivity contribution in [3.05, 3.63) is 12.2 Å². The topological polar surface area (TPSA) is 82.0 Å². The van der Waals surface area contributed by atoms with Gasteiger partial charge in [0.1, 0.15) is 13.2 Å². The van der Waals surface area contributed by atoms with Crippen molar-refractivity contribution < 1.29 is 23.9 Å². The maximum absolute atomic E-state index is 11.9. The lowest BCUT2D eigenvalue weighted by atomic mass is 9.61. The van der Waals surface area contributed by atoms with Gasteiger partial charge in [0, 0.05) is 12.0 Å². The first-order valence-corrected chi connectivity index (χ1v) is 8.62. The fourth-order valence-electron chi connectivity index (χ4n) is 3.82. The third-order valence-corrected chi connectivity index (χ3v) is 4.52. The van der Waals surface area contributed by atoms with Crippen LogP contribution in [0, 0.1) is 10.8 Å². The van der Waals surface area contributed by atoms with E-state index in [1.54, 1.807) is 13.0 Å². The Morgan fingerprint density at radius 1 is 1.20 bits per heavy atom. The molecule has 1 fully saturated rings. The lowest BCUT2D eigenvalue weighted by Gasteiger charge is -2.45. The zero-order valence-corrected chi connectivity index (χ0v) is 15.7. The number of isocyanates is 1. The number of carbonyl (C=O) groups excluding carboxylic acids is 3. The van der Waals surface area contributed by atoms with Gasteiger partial charge in [0.25, 0.3) is 0 Å². The molecule has 0 aromatic heterocycles. The van der Waals surface area contributed by atoms with E-state index in [1.165, 1.54) is 0 Å². The molecular formula is C19H29NO5. The summed E-state index contributed by atoms with van der Waals surface area (Å²) < 4.78 is 9.97. The number of carbonyl (C=O) groups is 2. The third-order valence-electron chi connectivity index (χ3n) is 4.52. The van der Waals surface area contributed by atoms with Crippen molar-refractivity contribution in [3.8, 4) is 0 Å². The first-order valence-electron chi connectivity index (χ1n) is 8.62.